The number of carbonyl (C=O) groups is 1. The van der Waals surface area contributed by atoms with E-state index < -0.39 is 5.91 Å². The lowest BCUT2D eigenvalue weighted by molar-refractivity contribution is 0.0995. The smallest absolute Gasteiger partial charge is 0.254 e. The van der Waals surface area contributed by atoms with E-state index in [4.69, 9.17) is 10.5 Å². The molecule has 0 aromatic carbocycles. The summed E-state index contributed by atoms with van der Waals surface area (Å²) in [7, 11) is 0. The lowest BCUT2D eigenvalue weighted by Gasteiger charge is -2.12. The van der Waals surface area contributed by atoms with Crippen LogP contribution in [0.1, 0.15) is 30.6 Å². The van der Waals surface area contributed by atoms with Crippen LogP contribution in [0.25, 0.3) is 0 Å². The van der Waals surface area contributed by atoms with Crippen molar-refractivity contribution in [3.05, 3.63) is 24.0 Å². The summed E-state index contributed by atoms with van der Waals surface area (Å²) >= 11 is 0. The van der Waals surface area contributed by atoms with Crippen molar-refractivity contribution in [3.63, 3.8) is 0 Å². The van der Waals surface area contributed by atoms with Crippen LogP contribution in [-0.2, 0) is 0 Å². The Morgan fingerprint density at radius 3 is 3.00 bits per heavy atom. The van der Waals surface area contributed by atoms with Crippen LogP contribution in [0.2, 0.25) is 0 Å². The number of ether oxygens (including phenoxy) is 1. The number of nitrogens with two attached hydrogens (primary N) is 1. The maximum Gasteiger partial charge on any atom is 0.254 e. The fourth-order valence-electron chi connectivity index (χ4n) is 1.04. The van der Waals surface area contributed by atoms with Gasteiger partial charge in [0.25, 0.3) is 5.91 Å². The highest BCUT2D eigenvalue weighted by Gasteiger charge is 2.09. The maximum absolute atomic E-state index is 11.0. The summed E-state index contributed by atoms with van der Waals surface area (Å²) in [6, 6.07) is 1.66. The standard InChI is InChI=1S/C11H16N2O2/c1-3-8(2)7-15-10-4-5-13-6-9(10)11(12)14/h4-6,8H,3,7H2,1-2H3,(H2,12,14). The van der Waals surface area contributed by atoms with E-state index >= 15 is 0 Å². The number of carbonyl (C=O) groups excluding carboxylic acids is 1. The number of amides is 1. The number of hydrogen-bond acceptors (Lipinski definition) is 3. The average Bonchev–Trinajstić information content (AvgIpc) is 2.26. The van der Waals surface area contributed by atoms with Gasteiger partial charge in [-0.3, -0.25) is 9.78 Å². The lowest BCUT2D eigenvalue weighted by atomic mass is 10.1. The molecule has 2 N–H and O–H groups in total. The van der Waals surface area contributed by atoms with Crippen molar-refractivity contribution in [3.8, 4) is 5.75 Å². The largest absolute Gasteiger partial charge is 0.492 e. The number of rotatable bonds is 5. The Balaban J connectivity index is 2.72. The second kappa shape index (κ2) is 5.34. The van der Waals surface area contributed by atoms with Gasteiger partial charge in [-0.05, 0) is 12.0 Å². The summed E-state index contributed by atoms with van der Waals surface area (Å²) in [5.41, 5.74) is 5.53. The molecule has 1 aromatic rings. The molecule has 1 rings (SSSR count). The summed E-state index contributed by atoms with van der Waals surface area (Å²) in [5.74, 6) is 0.457. The molecular formula is C11H16N2O2. The highest BCUT2D eigenvalue weighted by atomic mass is 16.5. The van der Waals surface area contributed by atoms with Crippen LogP contribution in [0, 0.1) is 5.92 Å². The lowest BCUT2D eigenvalue weighted by Crippen LogP contribution is -2.15. The average molecular weight is 208 g/mol. The van der Waals surface area contributed by atoms with Crippen LogP contribution >= 0.6 is 0 Å². The normalized spacial score (nSPS) is 12.1. The quantitative estimate of drug-likeness (QED) is 0.799. The molecule has 4 heteroatoms. The first-order chi connectivity index (χ1) is 7.15. The molecule has 0 saturated heterocycles. The predicted molar refractivity (Wildman–Crippen MR) is 57.7 cm³/mol. The van der Waals surface area contributed by atoms with Crippen LogP contribution in [0.15, 0.2) is 18.5 Å². The highest BCUT2D eigenvalue weighted by Crippen LogP contribution is 2.17. The minimum absolute atomic E-state index is 0.334. The second-order valence-electron chi connectivity index (χ2n) is 3.56. The van der Waals surface area contributed by atoms with Crippen molar-refractivity contribution in [1.29, 1.82) is 0 Å². The number of aromatic nitrogens is 1. The Labute approximate surface area is 89.5 Å². The Morgan fingerprint density at radius 2 is 2.40 bits per heavy atom. The molecule has 0 saturated carbocycles. The van der Waals surface area contributed by atoms with Gasteiger partial charge in [0.2, 0.25) is 0 Å². The molecule has 0 fully saturated rings. The number of nitrogens with zero attached hydrogens (tertiary/aromatic N) is 1. The third-order valence-corrected chi connectivity index (χ3v) is 2.27. The molecule has 15 heavy (non-hydrogen) atoms. The molecule has 0 aliphatic heterocycles. The van der Waals surface area contributed by atoms with E-state index in [2.05, 4.69) is 18.8 Å². The van der Waals surface area contributed by atoms with E-state index in [1.165, 1.54) is 6.20 Å². The second-order valence-corrected chi connectivity index (χ2v) is 3.56. The van der Waals surface area contributed by atoms with Crippen molar-refractivity contribution in [1.82, 2.24) is 4.98 Å². The Hall–Kier alpha value is -1.58. The number of hydrogen-bond donors (Lipinski definition) is 1. The first kappa shape index (κ1) is 11.5. The van der Waals surface area contributed by atoms with Gasteiger partial charge in [-0.15, -0.1) is 0 Å². The molecular weight excluding hydrogens is 192 g/mol. The van der Waals surface area contributed by atoms with Crippen LogP contribution in [0.3, 0.4) is 0 Å². The number of primary amides is 1. The van der Waals surface area contributed by atoms with Crippen molar-refractivity contribution in [2.75, 3.05) is 6.61 Å². The van der Waals surface area contributed by atoms with Crippen LogP contribution in [0.4, 0.5) is 0 Å². The van der Waals surface area contributed by atoms with E-state index in [1.807, 2.05) is 0 Å². The Bertz CT molecular complexity index is 339. The van der Waals surface area contributed by atoms with Gasteiger partial charge in [0.05, 0.1) is 12.2 Å². The first-order valence-corrected chi connectivity index (χ1v) is 5.01. The minimum Gasteiger partial charge on any atom is -0.492 e. The Kier molecular flexibility index (Phi) is 4.09. The first-order valence-electron chi connectivity index (χ1n) is 5.01. The molecule has 1 unspecified atom stereocenters. The zero-order valence-electron chi connectivity index (χ0n) is 9.06. The van der Waals surface area contributed by atoms with Gasteiger partial charge in [-0.1, -0.05) is 20.3 Å². The van der Waals surface area contributed by atoms with Crippen LogP contribution in [-0.4, -0.2) is 17.5 Å². The van der Waals surface area contributed by atoms with Gasteiger partial charge in [0.1, 0.15) is 5.75 Å². The van der Waals surface area contributed by atoms with Crippen molar-refractivity contribution in [2.45, 2.75) is 20.3 Å². The van der Waals surface area contributed by atoms with E-state index in [0.717, 1.165) is 6.42 Å². The SMILES string of the molecule is CCC(C)COc1ccncc1C(N)=O. The third-order valence-electron chi connectivity index (χ3n) is 2.27. The highest BCUT2D eigenvalue weighted by molar-refractivity contribution is 5.95. The molecule has 1 amide bonds. The van der Waals surface area contributed by atoms with Crippen molar-refractivity contribution >= 4 is 5.91 Å². The molecule has 0 bridgehead atoms. The third kappa shape index (κ3) is 3.23. The summed E-state index contributed by atoms with van der Waals surface area (Å²) in [5, 5.41) is 0. The van der Waals surface area contributed by atoms with Crippen molar-refractivity contribution < 1.29 is 9.53 Å². The molecule has 4 nitrogen and oxygen atoms in total. The molecule has 1 heterocycles. The summed E-state index contributed by atoms with van der Waals surface area (Å²) in [6.45, 7) is 4.77. The van der Waals surface area contributed by atoms with E-state index in [9.17, 15) is 4.79 Å². The predicted octanol–water partition coefficient (Wildman–Crippen LogP) is 1.61. The topological polar surface area (TPSA) is 65.2 Å². The van der Waals surface area contributed by atoms with E-state index in [0.29, 0.717) is 23.8 Å². The molecule has 1 atom stereocenters. The molecule has 82 valence electrons. The van der Waals surface area contributed by atoms with Gasteiger partial charge >= 0.3 is 0 Å². The summed E-state index contributed by atoms with van der Waals surface area (Å²) in [4.78, 5) is 14.9. The van der Waals surface area contributed by atoms with Gasteiger partial charge in [0.15, 0.2) is 0 Å². The monoisotopic (exact) mass is 208 g/mol. The van der Waals surface area contributed by atoms with Crippen LogP contribution < -0.4 is 10.5 Å². The maximum atomic E-state index is 11.0. The fraction of sp³-hybridized carbons (Fsp3) is 0.455. The Morgan fingerprint density at radius 1 is 1.67 bits per heavy atom. The molecule has 0 radical (unpaired) electrons. The fourth-order valence-corrected chi connectivity index (χ4v) is 1.04. The minimum atomic E-state index is -0.512. The van der Waals surface area contributed by atoms with Gasteiger partial charge in [0, 0.05) is 12.4 Å². The van der Waals surface area contributed by atoms with E-state index in [1.54, 1.807) is 12.3 Å². The zero-order chi connectivity index (χ0) is 11.3. The van der Waals surface area contributed by atoms with Gasteiger partial charge in [-0.2, -0.15) is 0 Å². The van der Waals surface area contributed by atoms with E-state index in [-0.39, 0.29) is 0 Å². The summed E-state index contributed by atoms with van der Waals surface area (Å²) < 4.78 is 5.51. The van der Waals surface area contributed by atoms with Gasteiger partial charge < -0.3 is 10.5 Å². The van der Waals surface area contributed by atoms with Gasteiger partial charge in [-0.25, -0.2) is 0 Å². The molecule has 1 aromatic heterocycles. The zero-order valence-corrected chi connectivity index (χ0v) is 9.06. The van der Waals surface area contributed by atoms with Crippen LogP contribution in [0.5, 0.6) is 5.75 Å². The molecule has 0 aliphatic rings. The molecule has 0 aliphatic carbocycles. The summed E-state index contributed by atoms with van der Waals surface area (Å²) in [6.07, 6.45) is 4.05. The van der Waals surface area contributed by atoms with Crippen molar-refractivity contribution in [2.24, 2.45) is 11.7 Å². The number of pyridine rings is 1. The molecule has 0 spiro atoms.